The van der Waals surface area contributed by atoms with Crippen molar-refractivity contribution in [3.05, 3.63) is 29.6 Å². The smallest absolute Gasteiger partial charge is 0.123 e. The molecule has 0 amide bonds. The van der Waals surface area contributed by atoms with Crippen molar-refractivity contribution in [1.82, 2.24) is 0 Å². The molecule has 0 fully saturated rings. The van der Waals surface area contributed by atoms with Crippen LogP contribution in [0.5, 0.6) is 0 Å². The molecule has 1 aromatic rings. The molecule has 1 atom stereocenters. The minimum atomic E-state index is -0.278. The molecule has 0 aliphatic rings. The summed E-state index contributed by atoms with van der Waals surface area (Å²) in [6, 6.07) is 4.33. The minimum absolute atomic E-state index is 0.146. The summed E-state index contributed by atoms with van der Waals surface area (Å²) in [7, 11) is 0. The third kappa shape index (κ3) is 3.51. The topological polar surface area (TPSA) is 35.2 Å². The van der Waals surface area contributed by atoms with Crippen LogP contribution in [0.4, 0.5) is 10.1 Å². The van der Waals surface area contributed by atoms with Crippen molar-refractivity contribution < 1.29 is 9.13 Å². The fraction of sp³-hybridized carbons (Fsp3) is 0.500. The van der Waals surface area contributed by atoms with Crippen LogP contribution < -0.4 is 5.73 Å². The van der Waals surface area contributed by atoms with E-state index in [-0.39, 0.29) is 11.9 Å². The summed E-state index contributed by atoms with van der Waals surface area (Å²) in [5, 5.41) is 0. The largest absolute Gasteiger partial charge is 0.398 e. The highest BCUT2D eigenvalue weighted by molar-refractivity contribution is 5.46. The van der Waals surface area contributed by atoms with E-state index < -0.39 is 0 Å². The first-order chi connectivity index (χ1) is 7.00. The number of hydrogen-bond acceptors (Lipinski definition) is 2. The van der Waals surface area contributed by atoms with Crippen LogP contribution in [0.1, 0.15) is 26.3 Å². The highest BCUT2D eigenvalue weighted by Crippen LogP contribution is 2.16. The van der Waals surface area contributed by atoms with Crippen LogP contribution in [0.25, 0.3) is 0 Å². The van der Waals surface area contributed by atoms with Gasteiger partial charge in [-0.3, -0.25) is 0 Å². The first-order valence-corrected chi connectivity index (χ1v) is 5.16. The van der Waals surface area contributed by atoms with Gasteiger partial charge in [0.2, 0.25) is 0 Å². The van der Waals surface area contributed by atoms with Gasteiger partial charge in [-0.05, 0) is 31.0 Å². The van der Waals surface area contributed by atoms with Gasteiger partial charge in [0.05, 0.1) is 12.7 Å². The maximum absolute atomic E-state index is 12.9. The lowest BCUT2D eigenvalue weighted by molar-refractivity contribution is 0.0237. The zero-order chi connectivity index (χ0) is 11.4. The van der Waals surface area contributed by atoms with Crippen LogP contribution in [0.2, 0.25) is 0 Å². The van der Waals surface area contributed by atoms with Gasteiger partial charge in [0.1, 0.15) is 5.82 Å². The van der Waals surface area contributed by atoms with Gasteiger partial charge in [-0.1, -0.05) is 13.8 Å². The summed E-state index contributed by atoms with van der Waals surface area (Å²) in [4.78, 5) is 0. The zero-order valence-electron chi connectivity index (χ0n) is 9.46. The van der Waals surface area contributed by atoms with E-state index in [0.717, 1.165) is 0 Å². The summed E-state index contributed by atoms with van der Waals surface area (Å²) in [5.41, 5.74) is 6.99. The standard InChI is InChI=1S/C12H18FNO/c1-8(2)9(3)15-7-10-6-11(13)4-5-12(10)14/h4-6,8-9H,7,14H2,1-3H3. The molecule has 0 bridgehead atoms. The fourth-order valence-electron chi connectivity index (χ4n) is 1.11. The Bertz CT molecular complexity index is 325. The molecular formula is C12H18FNO. The summed E-state index contributed by atoms with van der Waals surface area (Å²) in [6.07, 6.45) is 0.146. The van der Waals surface area contributed by atoms with E-state index in [1.165, 1.54) is 12.1 Å². The molecule has 0 aliphatic carbocycles. The summed E-state index contributed by atoms with van der Waals surface area (Å²) >= 11 is 0. The molecule has 1 rings (SSSR count). The molecule has 84 valence electrons. The number of anilines is 1. The molecule has 1 aromatic carbocycles. The molecule has 0 spiro atoms. The fourth-order valence-corrected chi connectivity index (χ4v) is 1.11. The van der Waals surface area contributed by atoms with Gasteiger partial charge in [0.15, 0.2) is 0 Å². The van der Waals surface area contributed by atoms with E-state index in [4.69, 9.17) is 10.5 Å². The first-order valence-electron chi connectivity index (χ1n) is 5.16. The predicted molar refractivity (Wildman–Crippen MR) is 59.9 cm³/mol. The maximum Gasteiger partial charge on any atom is 0.123 e. The van der Waals surface area contributed by atoms with Gasteiger partial charge >= 0.3 is 0 Å². The predicted octanol–water partition coefficient (Wildman–Crippen LogP) is 2.97. The lowest BCUT2D eigenvalue weighted by Gasteiger charge is -2.17. The normalized spacial score (nSPS) is 13.1. The molecule has 1 unspecified atom stereocenters. The molecule has 0 radical (unpaired) electrons. The average molecular weight is 211 g/mol. The second kappa shape index (κ2) is 5.12. The van der Waals surface area contributed by atoms with Crippen LogP contribution >= 0.6 is 0 Å². The SMILES string of the molecule is CC(C)C(C)OCc1cc(F)ccc1N. The monoisotopic (exact) mass is 211 g/mol. The van der Waals surface area contributed by atoms with Crippen molar-refractivity contribution in [2.45, 2.75) is 33.5 Å². The molecule has 0 heterocycles. The van der Waals surface area contributed by atoms with Gasteiger partial charge in [-0.15, -0.1) is 0 Å². The van der Waals surface area contributed by atoms with Crippen molar-refractivity contribution >= 4 is 5.69 Å². The quantitative estimate of drug-likeness (QED) is 0.777. The van der Waals surface area contributed by atoms with Gasteiger partial charge in [0, 0.05) is 11.3 Å². The van der Waals surface area contributed by atoms with Crippen LogP contribution in [-0.2, 0) is 11.3 Å². The van der Waals surface area contributed by atoms with Gasteiger partial charge in [-0.2, -0.15) is 0 Å². The Morgan fingerprint density at radius 2 is 2.00 bits per heavy atom. The van der Waals surface area contributed by atoms with Gasteiger partial charge in [0.25, 0.3) is 0 Å². The molecule has 0 saturated heterocycles. The summed E-state index contributed by atoms with van der Waals surface area (Å²) in [6.45, 7) is 6.53. The van der Waals surface area contributed by atoms with E-state index in [9.17, 15) is 4.39 Å². The zero-order valence-corrected chi connectivity index (χ0v) is 9.46. The van der Waals surface area contributed by atoms with Crippen LogP contribution in [-0.4, -0.2) is 6.10 Å². The molecule has 2 N–H and O–H groups in total. The van der Waals surface area contributed by atoms with E-state index in [0.29, 0.717) is 23.8 Å². The van der Waals surface area contributed by atoms with Crippen molar-refractivity contribution in [2.75, 3.05) is 5.73 Å². The molecular weight excluding hydrogens is 193 g/mol. The Hall–Kier alpha value is -1.09. The lowest BCUT2D eigenvalue weighted by atomic mass is 10.1. The van der Waals surface area contributed by atoms with Crippen molar-refractivity contribution in [1.29, 1.82) is 0 Å². The molecule has 0 saturated carbocycles. The number of hydrogen-bond donors (Lipinski definition) is 1. The summed E-state index contributed by atoms with van der Waals surface area (Å²) in [5.74, 6) is 0.166. The van der Waals surface area contributed by atoms with E-state index in [1.807, 2.05) is 6.92 Å². The third-order valence-corrected chi connectivity index (χ3v) is 2.55. The van der Waals surface area contributed by atoms with Crippen molar-refractivity contribution in [3.8, 4) is 0 Å². The van der Waals surface area contributed by atoms with Crippen molar-refractivity contribution in [2.24, 2.45) is 5.92 Å². The van der Waals surface area contributed by atoms with Crippen LogP contribution in [0.3, 0.4) is 0 Å². The Labute approximate surface area is 90.2 Å². The van der Waals surface area contributed by atoms with Crippen LogP contribution in [0, 0.1) is 11.7 Å². The number of nitrogen functional groups attached to an aromatic ring is 1. The molecule has 2 nitrogen and oxygen atoms in total. The number of benzene rings is 1. The van der Waals surface area contributed by atoms with E-state index in [1.54, 1.807) is 6.07 Å². The lowest BCUT2D eigenvalue weighted by Crippen LogP contribution is -2.15. The first kappa shape index (κ1) is 12.0. The number of ether oxygens (including phenoxy) is 1. The molecule has 0 aliphatic heterocycles. The highest BCUT2D eigenvalue weighted by Gasteiger charge is 2.08. The Morgan fingerprint density at radius 1 is 1.33 bits per heavy atom. The maximum atomic E-state index is 12.9. The van der Waals surface area contributed by atoms with Crippen molar-refractivity contribution in [3.63, 3.8) is 0 Å². The number of nitrogens with two attached hydrogens (primary N) is 1. The second-order valence-corrected chi connectivity index (χ2v) is 4.10. The summed E-state index contributed by atoms with van der Waals surface area (Å²) < 4.78 is 18.5. The Kier molecular flexibility index (Phi) is 4.09. The highest BCUT2D eigenvalue weighted by atomic mass is 19.1. The molecule has 15 heavy (non-hydrogen) atoms. The Balaban J connectivity index is 2.61. The minimum Gasteiger partial charge on any atom is -0.398 e. The number of halogens is 1. The molecule has 0 aromatic heterocycles. The second-order valence-electron chi connectivity index (χ2n) is 4.10. The van der Waals surface area contributed by atoms with Gasteiger partial charge in [-0.25, -0.2) is 4.39 Å². The van der Waals surface area contributed by atoms with E-state index in [2.05, 4.69) is 13.8 Å². The van der Waals surface area contributed by atoms with Crippen LogP contribution in [0.15, 0.2) is 18.2 Å². The van der Waals surface area contributed by atoms with E-state index >= 15 is 0 Å². The molecule has 3 heteroatoms. The Morgan fingerprint density at radius 3 is 2.60 bits per heavy atom. The average Bonchev–Trinajstić information content (AvgIpc) is 2.18. The number of rotatable bonds is 4. The van der Waals surface area contributed by atoms with Gasteiger partial charge < -0.3 is 10.5 Å². The third-order valence-electron chi connectivity index (χ3n) is 2.55.